The van der Waals surface area contributed by atoms with E-state index in [1.54, 1.807) is 7.11 Å². The molecule has 0 aromatic heterocycles. The van der Waals surface area contributed by atoms with Crippen LogP contribution in [0.4, 0.5) is 5.69 Å². The molecular formula is C17H20ClNO3. The van der Waals surface area contributed by atoms with Gasteiger partial charge in [0.15, 0.2) is 0 Å². The summed E-state index contributed by atoms with van der Waals surface area (Å²) >= 11 is 6.11. The first kappa shape index (κ1) is 16.5. The second-order valence-corrected chi connectivity index (χ2v) is 5.14. The van der Waals surface area contributed by atoms with Crippen molar-refractivity contribution in [1.82, 2.24) is 0 Å². The van der Waals surface area contributed by atoms with Crippen molar-refractivity contribution in [3.05, 3.63) is 52.5 Å². The van der Waals surface area contributed by atoms with Crippen LogP contribution in [0.3, 0.4) is 0 Å². The molecule has 0 saturated carbocycles. The molecule has 0 saturated heterocycles. The lowest BCUT2D eigenvalue weighted by Crippen LogP contribution is -2.02. The summed E-state index contributed by atoms with van der Waals surface area (Å²) in [5.74, 6) is 1.37. The van der Waals surface area contributed by atoms with Gasteiger partial charge >= 0.3 is 0 Å². The van der Waals surface area contributed by atoms with Crippen LogP contribution < -0.4 is 14.8 Å². The van der Waals surface area contributed by atoms with Crippen molar-refractivity contribution in [3.8, 4) is 11.5 Å². The first-order valence-electron chi connectivity index (χ1n) is 7.10. The van der Waals surface area contributed by atoms with Crippen molar-refractivity contribution in [1.29, 1.82) is 0 Å². The number of halogens is 1. The molecule has 0 aliphatic heterocycles. The first-order valence-corrected chi connectivity index (χ1v) is 7.48. The summed E-state index contributed by atoms with van der Waals surface area (Å²) in [6, 6.07) is 11.3. The topological polar surface area (TPSA) is 50.7 Å². The maximum absolute atomic E-state index is 9.41. The lowest BCUT2D eigenvalue weighted by atomic mass is 10.1. The normalized spacial score (nSPS) is 10.4. The van der Waals surface area contributed by atoms with Gasteiger partial charge in [0, 0.05) is 17.8 Å². The van der Waals surface area contributed by atoms with Crippen molar-refractivity contribution < 1.29 is 14.6 Å². The van der Waals surface area contributed by atoms with Crippen molar-refractivity contribution in [2.24, 2.45) is 0 Å². The molecule has 0 heterocycles. The van der Waals surface area contributed by atoms with E-state index in [9.17, 15) is 5.11 Å². The lowest BCUT2D eigenvalue weighted by molar-refractivity contribution is 0.267. The highest BCUT2D eigenvalue weighted by atomic mass is 35.5. The van der Waals surface area contributed by atoms with Crippen molar-refractivity contribution in [2.75, 3.05) is 19.0 Å². The average Bonchev–Trinajstić information content (AvgIpc) is 2.54. The Morgan fingerprint density at radius 2 is 1.91 bits per heavy atom. The lowest BCUT2D eigenvalue weighted by Gasteiger charge is -2.12. The fourth-order valence-corrected chi connectivity index (χ4v) is 2.41. The highest BCUT2D eigenvalue weighted by molar-refractivity contribution is 6.32. The van der Waals surface area contributed by atoms with Gasteiger partial charge in [-0.1, -0.05) is 17.7 Å². The molecule has 4 nitrogen and oxygen atoms in total. The summed E-state index contributed by atoms with van der Waals surface area (Å²) in [6.07, 6.45) is 0. The van der Waals surface area contributed by atoms with Gasteiger partial charge in [0.2, 0.25) is 0 Å². The summed E-state index contributed by atoms with van der Waals surface area (Å²) in [5.41, 5.74) is 2.73. The van der Waals surface area contributed by atoms with E-state index in [0.717, 1.165) is 16.8 Å². The molecule has 0 aliphatic carbocycles. The minimum absolute atomic E-state index is 0.0563. The van der Waals surface area contributed by atoms with Gasteiger partial charge in [0.1, 0.15) is 11.5 Å². The summed E-state index contributed by atoms with van der Waals surface area (Å²) in [5, 5.41) is 13.3. The van der Waals surface area contributed by atoms with E-state index in [1.807, 2.05) is 43.3 Å². The largest absolute Gasteiger partial charge is 0.495 e. The molecule has 0 fully saturated rings. The zero-order valence-corrected chi connectivity index (χ0v) is 13.5. The number of aliphatic hydroxyl groups is 1. The average molecular weight is 322 g/mol. The number of hydrogen-bond acceptors (Lipinski definition) is 4. The van der Waals surface area contributed by atoms with Gasteiger partial charge in [-0.25, -0.2) is 0 Å². The van der Waals surface area contributed by atoms with Crippen LogP contribution in [0.1, 0.15) is 18.1 Å². The highest BCUT2D eigenvalue weighted by Crippen LogP contribution is 2.26. The Balaban J connectivity index is 2.06. The van der Waals surface area contributed by atoms with E-state index in [-0.39, 0.29) is 6.61 Å². The Hall–Kier alpha value is -1.91. The fourth-order valence-electron chi connectivity index (χ4n) is 2.13. The predicted octanol–water partition coefficient (Wildman–Crippen LogP) is 3.85. The number of aliphatic hydroxyl groups excluding tert-OH is 1. The molecule has 0 unspecified atom stereocenters. The number of nitrogens with one attached hydrogen (secondary N) is 1. The third-order valence-electron chi connectivity index (χ3n) is 3.24. The van der Waals surface area contributed by atoms with Crippen LogP contribution >= 0.6 is 11.6 Å². The van der Waals surface area contributed by atoms with Crippen LogP contribution in [0.2, 0.25) is 5.02 Å². The molecule has 0 spiro atoms. The molecular weight excluding hydrogens is 302 g/mol. The van der Waals surface area contributed by atoms with Gasteiger partial charge in [-0.15, -0.1) is 0 Å². The van der Waals surface area contributed by atoms with Crippen LogP contribution in [0.5, 0.6) is 11.5 Å². The number of hydrogen-bond donors (Lipinski definition) is 2. The molecule has 0 amide bonds. The highest BCUT2D eigenvalue weighted by Gasteiger charge is 2.05. The monoisotopic (exact) mass is 321 g/mol. The maximum atomic E-state index is 9.41. The molecule has 5 heteroatoms. The van der Waals surface area contributed by atoms with Gasteiger partial charge in [0.05, 0.1) is 25.3 Å². The van der Waals surface area contributed by atoms with Gasteiger partial charge in [0.25, 0.3) is 0 Å². The first-order chi connectivity index (χ1) is 10.7. The number of anilines is 1. The Morgan fingerprint density at radius 1 is 1.14 bits per heavy atom. The Kier molecular flexibility index (Phi) is 5.92. The minimum Gasteiger partial charge on any atom is -0.495 e. The molecule has 118 valence electrons. The van der Waals surface area contributed by atoms with Crippen LogP contribution in [-0.4, -0.2) is 18.8 Å². The number of ether oxygens (including phenoxy) is 2. The van der Waals surface area contributed by atoms with Crippen molar-refractivity contribution in [3.63, 3.8) is 0 Å². The molecule has 2 N–H and O–H groups in total. The quantitative estimate of drug-likeness (QED) is 0.813. The molecule has 2 aromatic rings. The summed E-state index contributed by atoms with van der Waals surface area (Å²) < 4.78 is 10.6. The predicted molar refractivity (Wildman–Crippen MR) is 88.9 cm³/mol. The van der Waals surface area contributed by atoms with E-state index < -0.39 is 0 Å². The van der Waals surface area contributed by atoms with E-state index in [1.165, 1.54) is 0 Å². The van der Waals surface area contributed by atoms with E-state index in [0.29, 0.717) is 29.7 Å². The second kappa shape index (κ2) is 7.92. The van der Waals surface area contributed by atoms with E-state index >= 15 is 0 Å². The summed E-state index contributed by atoms with van der Waals surface area (Å²) in [7, 11) is 1.59. The van der Waals surface area contributed by atoms with Crippen LogP contribution in [-0.2, 0) is 13.2 Å². The van der Waals surface area contributed by atoms with Crippen LogP contribution in [0, 0.1) is 0 Å². The second-order valence-electron chi connectivity index (χ2n) is 4.74. The van der Waals surface area contributed by atoms with Crippen LogP contribution in [0.15, 0.2) is 36.4 Å². The molecule has 2 rings (SSSR count). The zero-order valence-electron chi connectivity index (χ0n) is 12.7. The van der Waals surface area contributed by atoms with Gasteiger partial charge in [-0.2, -0.15) is 0 Å². The van der Waals surface area contributed by atoms with Gasteiger partial charge < -0.3 is 19.9 Å². The SMILES string of the molecule is CCOc1ccc(NCc2ccc(OC)c(Cl)c2)cc1CO. The third kappa shape index (κ3) is 4.06. The van der Waals surface area contributed by atoms with E-state index in [2.05, 4.69) is 5.32 Å². The number of methoxy groups -OCH3 is 1. The van der Waals surface area contributed by atoms with Gasteiger partial charge in [-0.05, 0) is 42.8 Å². The minimum atomic E-state index is -0.0563. The molecule has 0 bridgehead atoms. The fraction of sp³-hybridized carbons (Fsp3) is 0.294. The molecule has 0 radical (unpaired) electrons. The smallest absolute Gasteiger partial charge is 0.137 e. The zero-order chi connectivity index (χ0) is 15.9. The van der Waals surface area contributed by atoms with E-state index in [4.69, 9.17) is 21.1 Å². The summed E-state index contributed by atoms with van der Waals surface area (Å²) in [4.78, 5) is 0. The molecule has 0 aliphatic rings. The Morgan fingerprint density at radius 3 is 2.55 bits per heavy atom. The molecule has 22 heavy (non-hydrogen) atoms. The molecule has 0 atom stereocenters. The van der Waals surface area contributed by atoms with Gasteiger partial charge in [-0.3, -0.25) is 0 Å². The Bertz CT molecular complexity index is 631. The van der Waals surface area contributed by atoms with Crippen molar-refractivity contribution in [2.45, 2.75) is 20.1 Å². The maximum Gasteiger partial charge on any atom is 0.137 e. The van der Waals surface area contributed by atoms with Crippen molar-refractivity contribution >= 4 is 17.3 Å². The number of benzene rings is 2. The molecule has 2 aromatic carbocycles. The van der Waals surface area contributed by atoms with Crippen LogP contribution in [0.25, 0.3) is 0 Å². The standard InChI is InChI=1S/C17H20ClNO3/c1-3-22-16-7-5-14(9-13(16)11-20)19-10-12-4-6-17(21-2)15(18)8-12/h4-9,19-20H,3,10-11H2,1-2H3. The summed E-state index contributed by atoms with van der Waals surface area (Å²) in [6.45, 7) is 3.06. The Labute approximate surface area is 135 Å². The third-order valence-corrected chi connectivity index (χ3v) is 3.54. The number of rotatable bonds is 7.